The molecule has 1 aliphatic heterocycles. The van der Waals surface area contributed by atoms with Gasteiger partial charge in [-0.05, 0) is 30.7 Å². The van der Waals surface area contributed by atoms with Crippen molar-refractivity contribution in [3.8, 4) is 0 Å². The summed E-state index contributed by atoms with van der Waals surface area (Å²) in [7, 11) is 1.53. The van der Waals surface area contributed by atoms with Crippen LogP contribution in [0.5, 0.6) is 0 Å². The molecule has 1 aliphatic rings. The molecule has 0 saturated heterocycles. The van der Waals surface area contributed by atoms with Gasteiger partial charge in [-0.25, -0.2) is 13.8 Å². The Bertz CT molecular complexity index is 959. The van der Waals surface area contributed by atoms with Crippen molar-refractivity contribution in [1.82, 2.24) is 4.90 Å². The highest BCUT2D eigenvalue weighted by Gasteiger charge is 2.48. The number of rotatable bonds is 3. The van der Waals surface area contributed by atoms with E-state index < -0.39 is 17.4 Å². The highest BCUT2D eigenvalue weighted by atomic mass is 79.9. The maximum absolute atomic E-state index is 13.6. The third kappa shape index (κ3) is 3.53. The zero-order valence-corrected chi connectivity index (χ0v) is 17.9. The van der Waals surface area contributed by atoms with Gasteiger partial charge in [0.15, 0.2) is 5.96 Å². The third-order valence-corrected chi connectivity index (χ3v) is 5.88. The second-order valence-electron chi connectivity index (χ2n) is 7.08. The summed E-state index contributed by atoms with van der Waals surface area (Å²) >= 11 is 9.85. The van der Waals surface area contributed by atoms with Gasteiger partial charge in [0.1, 0.15) is 5.54 Å². The van der Waals surface area contributed by atoms with Crippen molar-refractivity contribution in [2.75, 3.05) is 7.05 Å². The average molecular weight is 471 g/mol. The Morgan fingerprint density at radius 2 is 1.86 bits per heavy atom. The normalized spacial score (nSPS) is 23.0. The summed E-state index contributed by atoms with van der Waals surface area (Å²) < 4.78 is 28.0. The first-order valence-corrected chi connectivity index (χ1v) is 9.69. The van der Waals surface area contributed by atoms with Crippen molar-refractivity contribution in [1.29, 1.82) is 0 Å². The second-order valence-corrected chi connectivity index (χ2v) is 8.41. The number of nitrogens with zero attached hydrogens (tertiary/aromatic N) is 2. The van der Waals surface area contributed by atoms with Crippen molar-refractivity contribution in [2.24, 2.45) is 10.7 Å². The maximum Gasteiger partial charge on any atom is 0.270 e. The van der Waals surface area contributed by atoms with Crippen LogP contribution < -0.4 is 5.73 Å². The maximum atomic E-state index is 13.6. The molecule has 0 unspecified atom stereocenters. The molecule has 1 heterocycles. The van der Waals surface area contributed by atoms with Gasteiger partial charge in [0.25, 0.3) is 5.92 Å². The minimum atomic E-state index is -2.97. The number of likely N-dealkylation sites (N-methyl/N-ethyl adjacent to an activating group) is 1. The van der Waals surface area contributed by atoms with Gasteiger partial charge >= 0.3 is 0 Å². The van der Waals surface area contributed by atoms with E-state index in [0.717, 1.165) is 11.4 Å². The fourth-order valence-corrected chi connectivity index (χ4v) is 4.13. The lowest BCUT2D eigenvalue weighted by molar-refractivity contribution is -0.130. The summed E-state index contributed by atoms with van der Waals surface area (Å²) in [6.07, 6.45) is 0. The van der Waals surface area contributed by atoms with Crippen LogP contribution in [-0.2, 0) is 16.3 Å². The van der Waals surface area contributed by atoms with Gasteiger partial charge < -0.3 is 5.73 Å². The molecule has 1 amide bonds. The first kappa shape index (κ1) is 20.7. The first-order valence-electron chi connectivity index (χ1n) is 8.52. The molecule has 0 spiro atoms. The first-order chi connectivity index (χ1) is 12.9. The molecule has 8 heteroatoms. The van der Waals surface area contributed by atoms with E-state index in [1.165, 1.54) is 36.2 Å². The number of amides is 1. The van der Waals surface area contributed by atoms with Crippen LogP contribution in [0.15, 0.2) is 51.9 Å². The van der Waals surface area contributed by atoms with E-state index in [0.29, 0.717) is 16.1 Å². The summed E-state index contributed by atoms with van der Waals surface area (Å²) in [6, 6.07) is 11.0. The largest absolute Gasteiger partial charge is 0.369 e. The van der Waals surface area contributed by atoms with E-state index in [1.54, 1.807) is 25.1 Å². The molecule has 3 rings (SSSR count). The van der Waals surface area contributed by atoms with Crippen LogP contribution >= 0.6 is 27.5 Å². The number of benzene rings is 2. The minimum absolute atomic E-state index is 0.0662. The van der Waals surface area contributed by atoms with E-state index >= 15 is 0 Å². The smallest absolute Gasteiger partial charge is 0.270 e. The quantitative estimate of drug-likeness (QED) is 0.686. The minimum Gasteiger partial charge on any atom is -0.369 e. The summed E-state index contributed by atoms with van der Waals surface area (Å²) in [4.78, 5) is 19.0. The SMILES string of the molecule is CN1C(=O)[C@@H](c2ccc(C(C)(F)F)cc2)[C@@](C)(c2cc(Br)ccc2Cl)N=C1N. The van der Waals surface area contributed by atoms with E-state index in [1.807, 2.05) is 0 Å². The summed E-state index contributed by atoms with van der Waals surface area (Å²) in [6.45, 7) is 2.60. The molecule has 148 valence electrons. The molecule has 0 radical (unpaired) electrons. The molecule has 0 saturated carbocycles. The Kier molecular flexibility index (Phi) is 5.27. The Morgan fingerprint density at radius 3 is 2.43 bits per heavy atom. The Balaban J connectivity index is 2.21. The van der Waals surface area contributed by atoms with E-state index in [9.17, 15) is 13.6 Å². The standard InChI is InChI=1S/C20H19BrClF2N3O/c1-19(14-10-13(21)8-9-15(14)22)16(17(28)27(3)18(25)26-19)11-4-6-12(7-5-11)20(2,23)24/h4-10,16H,1-3H3,(H2,25,26)/t16-,19-/m1/s1. The number of hydrogen-bond acceptors (Lipinski definition) is 3. The van der Waals surface area contributed by atoms with Crippen molar-refractivity contribution >= 4 is 39.4 Å². The fourth-order valence-electron chi connectivity index (χ4n) is 3.46. The van der Waals surface area contributed by atoms with Gasteiger partial charge in [0, 0.05) is 34.6 Å². The number of halogens is 4. The predicted octanol–water partition coefficient (Wildman–Crippen LogP) is 5.00. The van der Waals surface area contributed by atoms with E-state index in [-0.39, 0.29) is 17.4 Å². The Morgan fingerprint density at radius 1 is 1.25 bits per heavy atom. The highest BCUT2D eigenvalue weighted by Crippen LogP contribution is 2.47. The zero-order chi connectivity index (χ0) is 20.9. The topological polar surface area (TPSA) is 58.7 Å². The van der Waals surface area contributed by atoms with E-state index in [2.05, 4.69) is 20.9 Å². The van der Waals surface area contributed by atoms with Gasteiger partial charge in [-0.3, -0.25) is 9.69 Å². The number of carbonyl (C=O) groups excluding carboxylic acids is 1. The van der Waals surface area contributed by atoms with Gasteiger partial charge in [-0.15, -0.1) is 0 Å². The average Bonchev–Trinajstić information content (AvgIpc) is 2.61. The molecule has 0 bridgehead atoms. The van der Waals surface area contributed by atoms with Gasteiger partial charge in [-0.2, -0.15) is 0 Å². The molecule has 2 aromatic carbocycles. The van der Waals surface area contributed by atoms with Gasteiger partial charge in [0.2, 0.25) is 5.91 Å². The molecule has 4 nitrogen and oxygen atoms in total. The number of nitrogens with two attached hydrogens (primary N) is 1. The van der Waals surface area contributed by atoms with Crippen molar-refractivity contribution in [3.05, 3.63) is 68.7 Å². The van der Waals surface area contributed by atoms with Crippen LogP contribution in [0, 0.1) is 0 Å². The lowest BCUT2D eigenvalue weighted by Crippen LogP contribution is -2.52. The molecule has 2 atom stereocenters. The second kappa shape index (κ2) is 7.12. The van der Waals surface area contributed by atoms with Crippen LogP contribution in [-0.4, -0.2) is 23.8 Å². The zero-order valence-electron chi connectivity index (χ0n) is 15.5. The summed E-state index contributed by atoms with van der Waals surface area (Å²) in [5.41, 5.74) is 5.93. The molecule has 2 aromatic rings. The predicted molar refractivity (Wildman–Crippen MR) is 110 cm³/mol. The number of alkyl halides is 2. The number of carbonyl (C=O) groups is 1. The molecule has 0 aromatic heterocycles. The molecular weight excluding hydrogens is 452 g/mol. The Labute approximate surface area is 175 Å². The molecule has 2 N–H and O–H groups in total. The van der Waals surface area contributed by atoms with Crippen LogP contribution in [0.25, 0.3) is 0 Å². The van der Waals surface area contributed by atoms with Crippen LogP contribution in [0.4, 0.5) is 8.78 Å². The van der Waals surface area contributed by atoms with Crippen molar-refractivity contribution in [3.63, 3.8) is 0 Å². The number of guanidine groups is 1. The van der Waals surface area contributed by atoms with Crippen LogP contribution in [0.2, 0.25) is 5.02 Å². The summed E-state index contributed by atoms with van der Waals surface area (Å²) in [5, 5.41) is 0.432. The van der Waals surface area contributed by atoms with Crippen LogP contribution in [0.1, 0.15) is 36.5 Å². The number of aliphatic imine (C=N–C) groups is 1. The van der Waals surface area contributed by atoms with Gasteiger partial charge in [0.05, 0.1) is 5.92 Å². The molecule has 0 aliphatic carbocycles. The fraction of sp³-hybridized carbons (Fsp3) is 0.300. The van der Waals surface area contributed by atoms with E-state index in [4.69, 9.17) is 17.3 Å². The molecule has 0 fully saturated rings. The number of hydrogen-bond donors (Lipinski definition) is 1. The van der Waals surface area contributed by atoms with Crippen LogP contribution in [0.3, 0.4) is 0 Å². The lowest BCUT2D eigenvalue weighted by atomic mass is 9.74. The monoisotopic (exact) mass is 469 g/mol. The molecule has 28 heavy (non-hydrogen) atoms. The highest BCUT2D eigenvalue weighted by molar-refractivity contribution is 9.10. The lowest BCUT2D eigenvalue weighted by Gasteiger charge is -2.41. The summed E-state index contributed by atoms with van der Waals surface area (Å²) in [5.74, 6) is -3.97. The third-order valence-electron chi connectivity index (χ3n) is 5.05. The van der Waals surface area contributed by atoms with Crippen molar-refractivity contribution in [2.45, 2.75) is 31.2 Å². The van der Waals surface area contributed by atoms with Gasteiger partial charge in [-0.1, -0.05) is 51.8 Å². The Hall–Kier alpha value is -1.99. The van der Waals surface area contributed by atoms with Crippen molar-refractivity contribution < 1.29 is 13.6 Å². The molecular formula is C20H19BrClF2N3O.